The Labute approximate surface area is 325 Å². The first-order chi connectivity index (χ1) is 27.3. The lowest BCUT2D eigenvalue weighted by atomic mass is 9.94. The number of ether oxygens (including phenoxy) is 1. The van der Waals surface area contributed by atoms with Crippen LogP contribution < -0.4 is 33.5 Å². The summed E-state index contributed by atoms with van der Waals surface area (Å²) < 4.78 is 36.0. The number of primary amides is 1. The van der Waals surface area contributed by atoms with E-state index in [1.807, 2.05) is 30.3 Å². The summed E-state index contributed by atoms with van der Waals surface area (Å²) in [6.07, 6.45) is 2.88. The van der Waals surface area contributed by atoms with Crippen LogP contribution in [0.3, 0.4) is 0 Å². The molecule has 0 spiro atoms. The van der Waals surface area contributed by atoms with Crippen LogP contribution in [0.2, 0.25) is 0 Å². The molecule has 3 amide bonds. The molecule has 300 valence electrons. The minimum Gasteiger partial charge on any atom is -0.467 e. The number of fused-ring (bicyclic) bond motifs is 1. The second-order valence-corrected chi connectivity index (χ2v) is 13.5. The molecule has 0 fully saturated rings. The second kappa shape index (κ2) is 18.9. The van der Waals surface area contributed by atoms with Gasteiger partial charge in [0.1, 0.15) is 11.6 Å². The highest BCUT2D eigenvalue weighted by Gasteiger charge is 2.41. The van der Waals surface area contributed by atoms with Crippen molar-refractivity contribution in [3.63, 3.8) is 0 Å². The first-order valence-corrected chi connectivity index (χ1v) is 18.3. The molecule has 0 radical (unpaired) electrons. The Kier molecular flexibility index (Phi) is 13.8. The molecule has 15 nitrogen and oxygen atoms in total. The van der Waals surface area contributed by atoms with Gasteiger partial charge in [-0.2, -0.15) is 0 Å². The van der Waals surface area contributed by atoms with E-state index >= 15 is 0 Å². The van der Waals surface area contributed by atoms with E-state index in [4.69, 9.17) is 16.2 Å². The highest BCUT2D eigenvalue weighted by molar-refractivity contribution is 6.38. The van der Waals surface area contributed by atoms with E-state index in [9.17, 15) is 42.3 Å². The van der Waals surface area contributed by atoms with Gasteiger partial charge in [-0.1, -0.05) is 42.5 Å². The normalized spacial score (nSPS) is 15.2. The summed E-state index contributed by atoms with van der Waals surface area (Å²) in [5.74, 6) is -6.20. The number of aromatic nitrogens is 3. The van der Waals surface area contributed by atoms with Crippen LogP contribution in [0.15, 0.2) is 94.0 Å². The number of hydrogen-bond acceptors (Lipinski definition) is 9. The number of benzene rings is 3. The number of methoxy groups -OCH3 is 1. The molecule has 3 aromatic carbocycles. The molecule has 6 N–H and O–H groups in total. The van der Waals surface area contributed by atoms with Gasteiger partial charge in [0.2, 0.25) is 17.6 Å². The van der Waals surface area contributed by atoms with Gasteiger partial charge in [-0.15, -0.1) is 0 Å². The average molecular weight is 788 g/mol. The third-order valence-corrected chi connectivity index (χ3v) is 9.63. The van der Waals surface area contributed by atoms with E-state index in [1.54, 1.807) is 12.1 Å². The monoisotopic (exact) mass is 787 g/mol. The van der Waals surface area contributed by atoms with Gasteiger partial charge in [-0.25, -0.2) is 37.1 Å². The Hall–Kier alpha value is -6.49. The molecule has 3 atom stereocenters. The summed E-state index contributed by atoms with van der Waals surface area (Å²) in [5.41, 5.74) is 10.5. The summed E-state index contributed by atoms with van der Waals surface area (Å²) in [4.78, 5) is 93.9. The van der Waals surface area contributed by atoms with Crippen LogP contribution >= 0.6 is 0 Å². The van der Waals surface area contributed by atoms with E-state index in [1.165, 1.54) is 18.2 Å². The van der Waals surface area contributed by atoms with Crippen molar-refractivity contribution in [3.8, 4) is 0 Å². The fourth-order valence-electron chi connectivity index (χ4n) is 6.62. The van der Waals surface area contributed by atoms with E-state index in [2.05, 4.69) is 10.6 Å². The molecular weight excluding hydrogens is 744 g/mol. The van der Waals surface area contributed by atoms with Gasteiger partial charge < -0.3 is 26.8 Å². The number of nitrogens with two attached hydrogens (primary N) is 2. The summed E-state index contributed by atoms with van der Waals surface area (Å²) in [6, 6.07) is 13.5. The standard InChI is InChI=1S/C40H43F2N7O8/c1-57-38(54)33-27(15-12-24-7-3-2-4-8-24)22-32(48-39(55)47(40(56)49(33)48)23-28-21-29(41)16-17-30(28)42)36(52)46-31(9-5-6-19-43)34(50)37(53)45-20-18-25-10-13-26(14-11-25)35(44)51/h2-4,7-8,10-11,13-14,16-17,21-22,31-33H,5-6,9,12,15,18-20,23,43H2,1H3,(H2,44,51)(H,45,53)(H,46,52). The van der Waals surface area contributed by atoms with Gasteiger partial charge in [0.25, 0.3) is 5.91 Å². The fourth-order valence-corrected chi connectivity index (χ4v) is 6.62. The van der Waals surface area contributed by atoms with Crippen molar-refractivity contribution in [2.24, 2.45) is 11.5 Å². The number of carbonyl (C=O) groups excluding carboxylic acids is 5. The molecule has 0 bridgehead atoms. The molecule has 4 aromatic rings. The topological polar surface area (TPSA) is 220 Å². The lowest BCUT2D eigenvalue weighted by molar-refractivity contribution is -0.145. The zero-order valence-electron chi connectivity index (χ0n) is 31.1. The predicted octanol–water partition coefficient (Wildman–Crippen LogP) is 1.61. The van der Waals surface area contributed by atoms with Gasteiger partial charge in [0, 0.05) is 17.7 Å². The maximum atomic E-state index is 14.8. The molecule has 1 aliphatic rings. The van der Waals surface area contributed by atoms with Crippen molar-refractivity contribution in [3.05, 3.63) is 139 Å². The van der Waals surface area contributed by atoms with Gasteiger partial charge >= 0.3 is 17.3 Å². The van der Waals surface area contributed by atoms with Crippen LogP contribution in [-0.4, -0.2) is 69.6 Å². The lowest BCUT2D eigenvalue weighted by Gasteiger charge is -2.30. The maximum Gasteiger partial charge on any atom is 0.348 e. The van der Waals surface area contributed by atoms with Crippen molar-refractivity contribution >= 4 is 29.5 Å². The quantitative estimate of drug-likeness (QED) is 0.0498. The van der Waals surface area contributed by atoms with Crippen LogP contribution in [0.5, 0.6) is 0 Å². The number of nitrogens with zero attached hydrogens (tertiary/aromatic N) is 3. The zero-order chi connectivity index (χ0) is 41.2. The van der Waals surface area contributed by atoms with E-state index < -0.39 is 77.2 Å². The summed E-state index contributed by atoms with van der Waals surface area (Å²) >= 11 is 0. The van der Waals surface area contributed by atoms with Gasteiger partial charge in [0.15, 0.2) is 12.1 Å². The third-order valence-electron chi connectivity index (χ3n) is 9.63. The van der Waals surface area contributed by atoms with Crippen LogP contribution in [0.4, 0.5) is 8.78 Å². The number of amides is 3. The van der Waals surface area contributed by atoms with Crippen molar-refractivity contribution < 1.29 is 37.5 Å². The molecule has 0 saturated heterocycles. The maximum absolute atomic E-state index is 14.8. The number of nitrogens with one attached hydrogen (secondary N) is 2. The van der Waals surface area contributed by atoms with Crippen LogP contribution in [-0.2, 0) is 43.3 Å². The SMILES string of the molecule is COC(=O)C1C(CCc2ccccc2)=CC(C(=O)NC(CCCCN)C(=O)C(=O)NCCc2ccc(C(N)=O)cc2)n2c(=O)n(Cc3cc(F)ccc3F)c(=O)n21. The number of esters is 1. The van der Waals surface area contributed by atoms with Gasteiger partial charge in [-0.05, 0) is 98.2 Å². The number of aryl methyl sites for hydroxylation is 1. The highest BCUT2D eigenvalue weighted by atomic mass is 19.1. The zero-order valence-corrected chi connectivity index (χ0v) is 31.1. The Morgan fingerprint density at radius 1 is 0.860 bits per heavy atom. The van der Waals surface area contributed by atoms with Crippen LogP contribution in [0.25, 0.3) is 0 Å². The molecule has 1 aromatic heterocycles. The van der Waals surface area contributed by atoms with Crippen LogP contribution in [0, 0.1) is 11.6 Å². The number of unbranched alkanes of at least 4 members (excludes halogenated alkanes) is 1. The number of rotatable bonds is 18. The van der Waals surface area contributed by atoms with Gasteiger partial charge in [-0.3, -0.25) is 19.2 Å². The molecule has 1 aliphatic heterocycles. The molecule has 3 unspecified atom stereocenters. The average Bonchev–Trinajstić information content (AvgIpc) is 3.45. The van der Waals surface area contributed by atoms with Crippen molar-refractivity contribution in [2.75, 3.05) is 20.2 Å². The molecule has 2 heterocycles. The number of halogens is 2. The number of carbonyl (C=O) groups is 5. The Morgan fingerprint density at radius 2 is 1.54 bits per heavy atom. The summed E-state index contributed by atoms with van der Waals surface area (Å²) in [7, 11) is 1.09. The second-order valence-electron chi connectivity index (χ2n) is 13.5. The van der Waals surface area contributed by atoms with E-state index in [0.29, 0.717) is 40.5 Å². The number of hydrogen-bond donors (Lipinski definition) is 4. The van der Waals surface area contributed by atoms with Crippen LogP contribution in [0.1, 0.15) is 64.8 Å². The molecular formula is C40H43F2N7O8. The minimum atomic E-state index is -1.65. The highest BCUT2D eigenvalue weighted by Crippen LogP contribution is 2.31. The van der Waals surface area contributed by atoms with Crippen molar-refractivity contribution in [1.29, 1.82) is 0 Å². The van der Waals surface area contributed by atoms with Crippen molar-refractivity contribution in [1.82, 2.24) is 24.6 Å². The largest absolute Gasteiger partial charge is 0.467 e. The molecule has 0 saturated carbocycles. The molecule has 57 heavy (non-hydrogen) atoms. The first-order valence-electron chi connectivity index (χ1n) is 18.3. The van der Waals surface area contributed by atoms with E-state index in [-0.39, 0.29) is 37.1 Å². The smallest absolute Gasteiger partial charge is 0.348 e. The molecule has 0 aliphatic carbocycles. The Morgan fingerprint density at radius 3 is 2.21 bits per heavy atom. The minimum absolute atomic E-state index is 0.00653. The summed E-state index contributed by atoms with van der Waals surface area (Å²) in [5, 5.41) is 5.12. The predicted molar refractivity (Wildman–Crippen MR) is 203 cm³/mol. The van der Waals surface area contributed by atoms with E-state index in [0.717, 1.165) is 41.1 Å². The first kappa shape index (κ1) is 41.7. The molecule has 17 heteroatoms. The number of ketones is 1. The number of Topliss-reactive ketones (excluding diaryl/α,β-unsaturated/α-hetero) is 1. The Bertz CT molecular complexity index is 2280. The summed E-state index contributed by atoms with van der Waals surface area (Å²) in [6.45, 7) is -0.441. The Balaban J connectivity index is 1.48. The van der Waals surface area contributed by atoms with Crippen molar-refractivity contribution in [2.45, 2.75) is 63.2 Å². The fraction of sp³-hybridized carbons (Fsp3) is 0.325. The molecule has 5 rings (SSSR count). The van der Waals surface area contributed by atoms with Gasteiger partial charge in [0.05, 0.1) is 19.7 Å². The third kappa shape index (κ3) is 9.85. The lowest BCUT2D eigenvalue weighted by Crippen LogP contribution is -2.52.